The normalized spacial score (nSPS) is 11.5. The van der Waals surface area contributed by atoms with E-state index < -0.39 is 17.1 Å². The zero-order valence-corrected chi connectivity index (χ0v) is 30.6. The van der Waals surface area contributed by atoms with Gasteiger partial charge in [-0.05, 0) is 71.8 Å². The highest BCUT2D eigenvalue weighted by atomic mass is 32.2. The molecule has 5 aromatic rings. The van der Waals surface area contributed by atoms with Gasteiger partial charge in [0.15, 0.2) is 11.5 Å². The molecule has 11 nitrogen and oxygen atoms in total. The quantitative estimate of drug-likeness (QED) is 0.0735. The summed E-state index contributed by atoms with van der Waals surface area (Å²) in [5.41, 5.74) is 2.50. The average molecular weight is 734 g/mol. The molecule has 0 bridgehead atoms. The third-order valence-corrected chi connectivity index (χ3v) is 9.13. The first kappa shape index (κ1) is 37.8. The maximum absolute atomic E-state index is 13.9. The van der Waals surface area contributed by atoms with Crippen LogP contribution in [0.4, 0.5) is 11.4 Å². The zero-order chi connectivity index (χ0) is 37.7. The Labute approximate surface area is 312 Å². The number of amides is 3. The van der Waals surface area contributed by atoms with E-state index in [9.17, 15) is 14.4 Å². The zero-order valence-electron chi connectivity index (χ0n) is 29.8. The van der Waals surface area contributed by atoms with Crippen LogP contribution in [0.2, 0.25) is 0 Å². The first-order valence-corrected chi connectivity index (χ1v) is 17.2. The van der Waals surface area contributed by atoms with Gasteiger partial charge in [-0.1, -0.05) is 54.6 Å². The van der Waals surface area contributed by atoms with E-state index in [1.54, 1.807) is 86.0 Å². The van der Waals surface area contributed by atoms with Crippen LogP contribution in [0.15, 0.2) is 126 Å². The molecule has 3 N–H and O–H groups in total. The number of hydrogen-bond donors (Lipinski definition) is 3. The molecule has 0 saturated heterocycles. The van der Waals surface area contributed by atoms with Crippen molar-refractivity contribution in [1.82, 2.24) is 5.32 Å². The Balaban J connectivity index is 1.44. The lowest BCUT2D eigenvalue weighted by atomic mass is 10.1. The molecule has 3 amide bonds. The molecule has 1 unspecified atom stereocenters. The first-order valence-electron chi connectivity index (χ1n) is 16.3. The largest absolute Gasteiger partial charge is 0.497 e. The highest BCUT2D eigenvalue weighted by Crippen LogP contribution is 2.40. The fraction of sp³-hybridized carbons (Fsp3) is 0.146. The third-order valence-electron chi connectivity index (χ3n) is 7.88. The molecule has 12 heteroatoms. The molecular weight excluding hydrogens is 695 g/mol. The molecule has 0 radical (unpaired) electrons. The number of rotatable bonds is 15. The van der Waals surface area contributed by atoms with Crippen LogP contribution >= 0.6 is 11.8 Å². The molecule has 0 heterocycles. The summed E-state index contributed by atoms with van der Waals surface area (Å²) >= 11 is 1.31. The van der Waals surface area contributed by atoms with Crippen molar-refractivity contribution in [3.8, 4) is 28.7 Å². The fourth-order valence-corrected chi connectivity index (χ4v) is 6.37. The second-order valence-corrected chi connectivity index (χ2v) is 12.5. The Morgan fingerprint density at radius 1 is 0.642 bits per heavy atom. The lowest BCUT2D eigenvalue weighted by molar-refractivity contribution is -0.116. The molecule has 0 spiro atoms. The molecule has 5 aromatic carbocycles. The number of anilines is 2. The molecule has 0 saturated carbocycles. The van der Waals surface area contributed by atoms with Gasteiger partial charge >= 0.3 is 0 Å². The van der Waals surface area contributed by atoms with Crippen LogP contribution in [0.5, 0.6) is 28.7 Å². The summed E-state index contributed by atoms with van der Waals surface area (Å²) in [6, 6.07) is 33.5. The Bertz CT molecular complexity index is 2070. The number of methoxy groups -OCH3 is 5. The predicted octanol–water partition coefficient (Wildman–Crippen LogP) is 7.61. The number of ether oxygens (including phenoxy) is 5. The number of benzene rings is 5. The standard InChI is InChI=1S/C41H39N3O8S/c1-48-30-19-20-34(49-2)32(25-30)43-41(47)38(27-13-8-6-9-14-27)53-31-18-12-17-29(24-31)42-40(46)33(44-39(45)28-15-10-7-11-16-28)21-26-22-35(50-3)37(52-5)36(23-26)51-4/h6-25,38H,1-5H3,(H,42,46)(H,43,47)(H,44,45)/b33-21+. The Morgan fingerprint density at radius 2 is 1.30 bits per heavy atom. The maximum Gasteiger partial charge on any atom is 0.272 e. The fourth-order valence-electron chi connectivity index (χ4n) is 5.29. The van der Waals surface area contributed by atoms with Crippen LogP contribution in [-0.2, 0) is 9.59 Å². The number of nitrogens with one attached hydrogen (secondary N) is 3. The highest BCUT2D eigenvalue weighted by molar-refractivity contribution is 8.00. The van der Waals surface area contributed by atoms with Crippen molar-refractivity contribution in [3.63, 3.8) is 0 Å². The summed E-state index contributed by atoms with van der Waals surface area (Å²) in [5.74, 6) is 0.813. The number of thioether (sulfide) groups is 1. The van der Waals surface area contributed by atoms with E-state index in [0.717, 1.165) is 5.56 Å². The molecule has 0 aliphatic rings. The number of carbonyl (C=O) groups is 3. The smallest absolute Gasteiger partial charge is 0.272 e. The molecular formula is C41H39N3O8S. The minimum absolute atomic E-state index is 0.0417. The van der Waals surface area contributed by atoms with Gasteiger partial charge in [-0.15, -0.1) is 11.8 Å². The van der Waals surface area contributed by atoms with Crippen LogP contribution in [0.1, 0.15) is 26.7 Å². The summed E-state index contributed by atoms with van der Waals surface area (Å²) in [7, 11) is 7.54. The van der Waals surface area contributed by atoms with E-state index in [2.05, 4.69) is 16.0 Å². The lowest BCUT2D eigenvalue weighted by Gasteiger charge is -2.19. The third kappa shape index (κ3) is 9.69. The molecule has 0 fully saturated rings. The van der Waals surface area contributed by atoms with Gasteiger partial charge in [0.05, 0.1) is 41.2 Å². The van der Waals surface area contributed by atoms with Crippen molar-refractivity contribution in [2.45, 2.75) is 10.1 Å². The van der Waals surface area contributed by atoms with Crippen LogP contribution < -0.4 is 39.6 Å². The Morgan fingerprint density at radius 3 is 1.92 bits per heavy atom. The van der Waals surface area contributed by atoms with E-state index in [-0.39, 0.29) is 11.6 Å². The van der Waals surface area contributed by atoms with Crippen LogP contribution in [0.3, 0.4) is 0 Å². The summed E-state index contributed by atoms with van der Waals surface area (Å²) in [6.07, 6.45) is 1.52. The van der Waals surface area contributed by atoms with Crippen molar-refractivity contribution in [3.05, 3.63) is 138 Å². The minimum Gasteiger partial charge on any atom is -0.497 e. The van der Waals surface area contributed by atoms with Crippen LogP contribution in [0.25, 0.3) is 6.08 Å². The average Bonchev–Trinajstić information content (AvgIpc) is 3.19. The van der Waals surface area contributed by atoms with Crippen molar-refractivity contribution in [2.24, 2.45) is 0 Å². The first-order chi connectivity index (χ1) is 25.8. The highest BCUT2D eigenvalue weighted by Gasteiger charge is 2.24. The lowest BCUT2D eigenvalue weighted by Crippen LogP contribution is -2.30. The molecule has 53 heavy (non-hydrogen) atoms. The number of carbonyl (C=O) groups excluding carboxylic acids is 3. The van der Waals surface area contributed by atoms with Crippen molar-refractivity contribution in [2.75, 3.05) is 46.2 Å². The Hall–Kier alpha value is -6.40. The maximum atomic E-state index is 13.9. The topological polar surface area (TPSA) is 133 Å². The molecule has 0 aliphatic carbocycles. The molecule has 5 rings (SSSR count). The van der Waals surface area contributed by atoms with Gasteiger partial charge in [-0.25, -0.2) is 0 Å². The van der Waals surface area contributed by atoms with E-state index in [4.69, 9.17) is 23.7 Å². The van der Waals surface area contributed by atoms with E-state index in [1.807, 2.05) is 36.4 Å². The van der Waals surface area contributed by atoms with E-state index in [1.165, 1.54) is 46.3 Å². The van der Waals surface area contributed by atoms with Gasteiger partial charge in [0, 0.05) is 22.2 Å². The number of hydrogen-bond acceptors (Lipinski definition) is 9. The van der Waals surface area contributed by atoms with Gasteiger partial charge < -0.3 is 39.6 Å². The van der Waals surface area contributed by atoms with Gasteiger partial charge in [0.2, 0.25) is 11.7 Å². The molecule has 272 valence electrons. The second kappa shape index (κ2) is 18.2. The molecule has 1 atom stereocenters. The monoisotopic (exact) mass is 733 g/mol. The SMILES string of the molecule is COc1ccc(OC)c(NC(=O)C(Sc2cccc(NC(=O)/C(=C\c3cc(OC)c(OC)c(OC)c3)NC(=O)c3ccccc3)c2)c2ccccc2)c1. The van der Waals surface area contributed by atoms with Crippen LogP contribution in [0, 0.1) is 0 Å². The molecule has 0 aromatic heterocycles. The summed E-state index contributed by atoms with van der Waals surface area (Å²) in [6.45, 7) is 0. The molecule has 0 aliphatic heterocycles. The van der Waals surface area contributed by atoms with Gasteiger partial charge in [-0.2, -0.15) is 0 Å². The van der Waals surface area contributed by atoms with E-state index >= 15 is 0 Å². The van der Waals surface area contributed by atoms with Crippen molar-refractivity contribution >= 4 is 46.9 Å². The van der Waals surface area contributed by atoms with Crippen molar-refractivity contribution in [1.29, 1.82) is 0 Å². The summed E-state index contributed by atoms with van der Waals surface area (Å²) in [4.78, 5) is 41.8. The second-order valence-electron chi connectivity index (χ2n) is 11.3. The van der Waals surface area contributed by atoms with Crippen molar-refractivity contribution < 1.29 is 38.1 Å². The predicted molar refractivity (Wildman–Crippen MR) is 206 cm³/mol. The minimum atomic E-state index is -0.682. The summed E-state index contributed by atoms with van der Waals surface area (Å²) < 4.78 is 27.3. The summed E-state index contributed by atoms with van der Waals surface area (Å²) in [5, 5.41) is 7.95. The van der Waals surface area contributed by atoms with Gasteiger partial charge in [0.1, 0.15) is 22.4 Å². The Kier molecular flexibility index (Phi) is 13.0. The van der Waals surface area contributed by atoms with Crippen LogP contribution in [-0.4, -0.2) is 53.3 Å². The van der Waals surface area contributed by atoms with Gasteiger partial charge in [-0.3, -0.25) is 14.4 Å². The van der Waals surface area contributed by atoms with Gasteiger partial charge in [0.25, 0.3) is 11.8 Å². The van der Waals surface area contributed by atoms with E-state index in [0.29, 0.717) is 56.1 Å².